The normalized spacial score (nSPS) is 13.9. The van der Waals surface area contributed by atoms with Crippen LogP contribution < -0.4 is 11.0 Å². The van der Waals surface area contributed by atoms with Gasteiger partial charge in [-0.1, -0.05) is 12.1 Å². The van der Waals surface area contributed by atoms with Crippen LogP contribution in [0.4, 0.5) is 0 Å². The number of amides is 1. The topological polar surface area (TPSA) is 196 Å². The second kappa shape index (κ2) is 9.56. The molecular formula is C18H21N6O8PS. The minimum Gasteiger partial charge on any atom is -0.301 e. The molecule has 3 N–H and O–H groups in total. The Labute approximate surface area is 193 Å². The second-order valence-electron chi connectivity index (χ2n) is 7.44. The monoisotopic (exact) mass is 512 g/mol. The Hall–Kier alpha value is -3.23. The summed E-state index contributed by atoms with van der Waals surface area (Å²) in [4.78, 5) is 48.0. The van der Waals surface area contributed by atoms with Gasteiger partial charge < -0.3 is 9.79 Å². The molecule has 0 aliphatic carbocycles. The highest BCUT2D eigenvalue weighted by molar-refractivity contribution is 7.92. The van der Waals surface area contributed by atoms with E-state index < -0.39 is 40.3 Å². The van der Waals surface area contributed by atoms with Crippen LogP contribution in [0, 0.1) is 0 Å². The van der Waals surface area contributed by atoms with Gasteiger partial charge >= 0.3 is 7.82 Å². The van der Waals surface area contributed by atoms with Gasteiger partial charge in [-0.3, -0.25) is 14.2 Å². The van der Waals surface area contributed by atoms with Crippen molar-refractivity contribution >= 4 is 23.6 Å². The Balaban J connectivity index is 1.77. The third kappa shape index (κ3) is 5.81. The molecule has 0 saturated heterocycles. The quantitative estimate of drug-likeness (QED) is 0.254. The van der Waals surface area contributed by atoms with E-state index in [1.807, 2.05) is 0 Å². The van der Waals surface area contributed by atoms with Crippen molar-refractivity contribution in [3.63, 3.8) is 0 Å². The van der Waals surface area contributed by atoms with Crippen LogP contribution in [0.2, 0.25) is 0 Å². The van der Waals surface area contributed by atoms with Gasteiger partial charge in [0.15, 0.2) is 14.6 Å². The molecule has 0 unspecified atom stereocenters. The zero-order valence-electron chi connectivity index (χ0n) is 18.0. The molecule has 0 fully saturated rings. The standard InChI is InChI=1S/C18H21N6O8PS/c1-18(34(2,30)31,17(26)22-32-33(27,28)29)7-10-23-12-19-15(11-16(23)25)13-3-5-14(6-4-13)24-20-8-9-21-24/h3-6,8-9,11-12H,7,10H2,1-2H3,(H,22,26)(H2,27,28,29)/t18-/m1/s1. The number of nitrogens with one attached hydrogen (secondary N) is 1. The molecule has 14 nitrogen and oxygen atoms in total. The number of phosphoric acid groups is 1. The van der Waals surface area contributed by atoms with Crippen LogP contribution in [-0.4, -0.2) is 59.7 Å². The van der Waals surface area contributed by atoms with Crippen molar-refractivity contribution in [3.05, 3.63) is 59.4 Å². The average Bonchev–Trinajstić information content (AvgIpc) is 3.30. The van der Waals surface area contributed by atoms with Crippen LogP contribution in [0.1, 0.15) is 13.3 Å². The summed E-state index contributed by atoms with van der Waals surface area (Å²) in [5, 5.41) is 8.05. The predicted octanol–water partition coefficient (Wildman–Crippen LogP) is -0.175. The molecule has 34 heavy (non-hydrogen) atoms. The maximum Gasteiger partial charge on any atom is 0.491 e. The highest BCUT2D eigenvalue weighted by Crippen LogP contribution is 2.34. The zero-order chi connectivity index (χ0) is 25.1. The molecule has 1 aromatic carbocycles. The Morgan fingerprint density at radius 1 is 1.21 bits per heavy atom. The van der Waals surface area contributed by atoms with E-state index in [2.05, 4.69) is 19.8 Å². The number of nitrogens with zero attached hydrogens (tertiary/aromatic N) is 5. The first kappa shape index (κ1) is 25.4. The molecule has 0 saturated carbocycles. The fraction of sp³-hybridized carbons (Fsp3) is 0.278. The molecule has 16 heteroatoms. The number of hydrogen-bond acceptors (Lipinski definition) is 9. The molecule has 2 aromatic heterocycles. The van der Waals surface area contributed by atoms with Crippen molar-refractivity contribution in [1.29, 1.82) is 0 Å². The zero-order valence-corrected chi connectivity index (χ0v) is 19.7. The lowest BCUT2D eigenvalue weighted by Gasteiger charge is -2.26. The summed E-state index contributed by atoms with van der Waals surface area (Å²) < 4.78 is 38.2. The molecule has 0 spiro atoms. The van der Waals surface area contributed by atoms with Crippen molar-refractivity contribution in [2.24, 2.45) is 0 Å². The number of hydrogen-bond donors (Lipinski definition) is 3. The summed E-state index contributed by atoms with van der Waals surface area (Å²) >= 11 is 0. The van der Waals surface area contributed by atoms with Crippen LogP contribution in [0.3, 0.4) is 0 Å². The first-order chi connectivity index (χ1) is 15.8. The molecule has 1 amide bonds. The van der Waals surface area contributed by atoms with Gasteiger partial charge in [-0.2, -0.15) is 19.6 Å². The SMILES string of the molecule is C[C@@](CCn1cnc(-c2ccc(-n3nccn3)cc2)cc1=O)(C(=O)NOP(=O)(O)O)S(C)(=O)=O. The van der Waals surface area contributed by atoms with Crippen LogP contribution in [-0.2, 0) is 30.4 Å². The Bertz CT molecular complexity index is 1380. The van der Waals surface area contributed by atoms with Crippen LogP contribution in [0.5, 0.6) is 0 Å². The van der Waals surface area contributed by atoms with Crippen molar-refractivity contribution < 1.29 is 32.2 Å². The summed E-state index contributed by atoms with van der Waals surface area (Å²) in [6.45, 7) is 0.840. The average molecular weight is 512 g/mol. The van der Waals surface area contributed by atoms with E-state index in [4.69, 9.17) is 9.79 Å². The summed E-state index contributed by atoms with van der Waals surface area (Å²) in [5.74, 6) is -1.29. The molecule has 0 aliphatic heterocycles. The number of rotatable bonds is 9. The fourth-order valence-corrected chi connectivity index (χ4v) is 3.92. The summed E-state index contributed by atoms with van der Waals surface area (Å²) in [7, 11) is -9.16. The van der Waals surface area contributed by atoms with Crippen molar-refractivity contribution in [3.8, 4) is 16.9 Å². The largest absolute Gasteiger partial charge is 0.491 e. The van der Waals surface area contributed by atoms with Crippen LogP contribution in [0.15, 0.2) is 53.8 Å². The number of sulfone groups is 1. The van der Waals surface area contributed by atoms with Gasteiger partial charge in [-0.15, -0.1) is 0 Å². The van der Waals surface area contributed by atoms with Gasteiger partial charge in [-0.05, 0) is 25.5 Å². The minimum absolute atomic E-state index is 0.219. The second-order valence-corrected chi connectivity index (χ2v) is 11.0. The third-order valence-corrected chi connectivity index (χ3v) is 7.43. The van der Waals surface area contributed by atoms with Crippen molar-refractivity contribution in [1.82, 2.24) is 30.0 Å². The number of carbonyl (C=O) groups excluding carboxylic acids is 1. The van der Waals surface area contributed by atoms with Crippen LogP contribution in [0.25, 0.3) is 16.9 Å². The molecule has 0 aliphatic rings. The molecule has 182 valence electrons. The van der Waals surface area contributed by atoms with Gasteiger partial charge in [0.1, 0.15) is 0 Å². The lowest BCUT2D eigenvalue weighted by molar-refractivity contribution is -0.131. The number of benzene rings is 1. The lowest BCUT2D eigenvalue weighted by atomic mass is 10.1. The summed E-state index contributed by atoms with van der Waals surface area (Å²) in [6.07, 6.45) is 4.69. The van der Waals surface area contributed by atoms with E-state index in [1.54, 1.807) is 24.3 Å². The maximum atomic E-state index is 12.6. The maximum absolute atomic E-state index is 12.6. The van der Waals surface area contributed by atoms with Crippen molar-refractivity contribution in [2.75, 3.05) is 6.26 Å². The third-order valence-electron chi connectivity index (χ3n) is 5.08. The van der Waals surface area contributed by atoms with Gasteiger partial charge in [0.2, 0.25) is 0 Å². The highest BCUT2D eigenvalue weighted by Gasteiger charge is 2.44. The summed E-state index contributed by atoms with van der Waals surface area (Å²) in [5.41, 5.74) is 2.71. The van der Waals surface area contributed by atoms with Crippen LogP contribution >= 0.6 is 7.82 Å². The predicted molar refractivity (Wildman–Crippen MR) is 118 cm³/mol. The van der Waals surface area contributed by atoms with E-state index in [1.165, 1.54) is 35.1 Å². The molecule has 2 heterocycles. The first-order valence-corrected chi connectivity index (χ1v) is 13.0. The number of aryl methyl sites for hydroxylation is 1. The molecule has 0 bridgehead atoms. The minimum atomic E-state index is -5.08. The smallest absolute Gasteiger partial charge is 0.301 e. The number of hydroxylamine groups is 1. The molecule has 1 atom stereocenters. The molecular weight excluding hydrogens is 491 g/mol. The first-order valence-electron chi connectivity index (χ1n) is 9.58. The van der Waals surface area contributed by atoms with Gasteiger partial charge in [-0.25, -0.2) is 23.4 Å². The van der Waals surface area contributed by atoms with E-state index in [0.717, 1.165) is 17.7 Å². The Morgan fingerprint density at radius 2 is 1.82 bits per heavy atom. The Morgan fingerprint density at radius 3 is 2.35 bits per heavy atom. The highest BCUT2D eigenvalue weighted by atomic mass is 32.2. The lowest BCUT2D eigenvalue weighted by Crippen LogP contribution is -2.50. The molecule has 3 aromatic rings. The van der Waals surface area contributed by atoms with E-state index in [9.17, 15) is 22.6 Å². The van der Waals surface area contributed by atoms with E-state index >= 15 is 0 Å². The molecule has 3 rings (SSSR count). The number of carbonyl (C=O) groups is 1. The van der Waals surface area contributed by atoms with E-state index in [0.29, 0.717) is 16.9 Å². The molecule has 0 radical (unpaired) electrons. The fourth-order valence-electron chi connectivity index (χ4n) is 2.88. The van der Waals surface area contributed by atoms with E-state index in [-0.39, 0.29) is 6.54 Å². The van der Waals surface area contributed by atoms with Gasteiger partial charge in [0.25, 0.3) is 11.5 Å². The van der Waals surface area contributed by atoms with Gasteiger partial charge in [0.05, 0.1) is 30.1 Å². The Kier molecular flexibility index (Phi) is 7.14. The van der Waals surface area contributed by atoms with Crippen molar-refractivity contribution in [2.45, 2.75) is 24.6 Å². The summed E-state index contributed by atoms with van der Waals surface area (Å²) in [6, 6.07) is 8.22. The number of aromatic nitrogens is 5. The van der Waals surface area contributed by atoms with Gasteiger partial charge in [0, 0.05) is 24.4 Å².